The maximum Gasteiger partial charge on any atom is 0.262 e. The first kappa shape index (κ1) is 21.6. The molecule has 0 saturated carbocycles. The Morgan fingerprint density at radius 1 is 1.10 bits per heavy atom. The zero-order valence-electron chi connectivity index (χ0n) is 16.8. The summed E-state index contributed by atoms with van der Waals surface area (Å²) in [5.74, 6) is 1.24. The summed E-state index contributed by atoms with van der Waals surface area (Å²) in [6.45, 7) is 2.41. The van der Waals surface area contributed by atoms with Gasteiger partial charge in [0.1, 0.15) is 23.9 Å². The second-order valence-electron chi connectivity index (χ2n) is 6.92. The molecule has 1 amide bonds. The van der Waals surface area contributed by atoms with Crippen LogP contribution >= 0.6 is 12.2 Å². The summed E-state index contributed by atoms with van der Waals surface area (Å²) in [5.41, 5.74) is 0.572. The van der Waals surface area contributed by atoms with E-state index in [-0.39, 0.29) is 16.8 Å². The van der Waals surface area contributed by atoms with Crippen LogP contribution in [0, 0.1) is 0 Å². The Balaban J connectivity index is 1.42. The van der Waals surface area contributed by atoms with Crippen LogP contribution < -0.4 is 14.8 Å². The number of carbonyl (C=O) groups is 1. The molecule has 6 nitrogen and oxygen atoms in total. The van der Waals surface area contributed by atoms with Crippen molar-refractivity contribution in [3.8, 4) is 17.2 Å². The summed E-state index contributed by atoms with van der Waals surface area (Å²) in [4.78, 5) is 14.0. The van der Waals surface area contributed by atoms with Crippen LogP contribution in [0.15, 0.2) is 54.6 Å². The maximum atomic E-state index is 12.2. The van der Waals surface area contributed by atoms with Gasteiger partial charge in [0.2, 0.25) is 5.91 Å². The largest absolute Gasteiger partial charge is 0.507 e. The van der Waals surface area contributed by atoms with Gasteiger partial charge in [-0.3, -0.25) is 4.79 Å². The van der Waals surface area contributed by atoms with Crippen LogP contribution in [0.3, 0.4) is 0 Å². The van der Waals surface area contributed by atoms with Crippen LogP contribution in [0.1, 0.15) is 24.8 Å². The molecule has 1 heterocycles. The van der Waals surface area contributed by atoms with Gasteiger partial charge in [0, 0.05) is 30.8 Å². The highest BCUT2D eigenvalue weighted by Crippen LogP contribution is 2.25. The van der Waals surface area contributed by atoms with Gasteiger partial charge < -0.3 is 24.8 Å². The second-order valence-corrected chi connectivity index (χ2v) is 7.29. The first-order valence-corrected chi connectivity index (χ1v) is 10.5. The number of nitrogens with zero attached hydrogens (tertiary/aromatic N) is 1. The van der Waals surface area contributed by atoms with Crippen molar-refractivity contribution in [1.29, 1.82) is 0 Å². The molecule has 1 aliphatic rings. The van der Waals surface area contributed by atoms with E-state index >= 15 is 0 Å². The fourth-order valence-corrected chi connectivity index (χ4v) is 3.29. The van der Waals surface area contributed by atoms with Gasteiger partial charge in [-0.2, -0.15) is 0 Å². The minimum Gasteiger partial charge on any atom is -0.507 e. The normalized spacial score (nSPS) is 13.8. The number of piperidine rings is 1. The molecule has 0 atom stereocenters. The molecule has 7 heteroatoms. The molecule has 2 aromatic carbocycles. The molecule has 0 radical (unpaired) electrons. The Bertz CT molecular complexity index is 880. The molecule has 1 aliphatic heterocycles. The molecular weight excluding hydrogens is 400 g/mol. The highest BCUT2D eigenvalue weighted by atomic mass is 32.1. The minimum atomic E-state index is -0.0193. The summed E-state index contributed by atoms with van der Waals surface area (Å²) in [5, 5.41) is 13.4. The molecule has 0 unspecified atom stereocenters. The number of hydrogen-bond acceptors (Lipinski definition) is 5. The highest BCUT2D eigenvalue weighted by molar-refractivity contribution is 7.80. The van der Waals surface area contributed by atoms with Gasteiger partial charge in [-0.25, -0.2) is 0 Å². The topological polar surface area (TPSA) is 71.0 Å². The van der Waals surface area contributed by atoms with Gasteiger partial charge in [-0.15, -0.1) is 0 Å². The van der Waals surface area contributed by atoms with Crippen LogP contribution in [0.25, 0.3) is 6.08 Å². The lowest BCUT2D eigenvalue weighted by Crippen LogP contribution is -2.34. The molecule has 0 bridgehead atoms. The zero-order chi connectivity index (χ0) is 21.2. The van der Waals surface area contributed by atoms with E-state index in [2.05, 4.69) is 5.32 Å². The number of hydrogen-bond donors (Lipinski definition) is 2. The predicted octanol–water partition coefficient (Wildman–Crippen LogP) is 3.75. The van der Waals surface area contributed by atoms with Gasteiger partial charge in [0.15, 0.2) is 0 Å². The Morgan fingerprint density at radius 2 is 1.87 bits per heavy atom. The number of carbonyl (C=O) groups excluding carboxylic acids is 1. The molecule has 1 fully saturated rings. The van der Waals surface area contributed by atoms with Crippen LogP contribution in [-0.2, 0) is 4.79 Å². The van der Waals surface area contributed by atoms with Crippen molar-refractivity contribution >= 4 is 29.4 Å². The van der Waals surface area contributed by atoms with E-state index in [4.69, 9.17) is 21.7 Å². The summed E-state index contributed by atoms with van der Waals surface area (Å²) in [6, 6.07) is 14.3. The number of aromatic hydroxyl groups is 1. The highest BCUT2D eigenvalue weighted by Gasteiger charge is 2.13. The molecule has 1 saturated heterocycles. The van der Waals surface area contributed by atoms with E-state index in [1.54, 1.807) is 18.2 Å². The number of likely N-dealkylation sites (tertiary alicyclic amines) is 1. The molecule has 3 rings (SSSR count). The van der Waals surface area contributed by atoms with Crippen molar-refractivity contribution in [2.45, 2.75) is 19.3 Å². The van der Waals surface area contributed by atoms with Crippen molar-refractivity contribution in [2.24, 2.45) is 0 Å². The summed E-state index contributed by atoms with van der Waals surface area (Å²) in [7, 11) is 0. The van der Waals surface area contributed by atoms with Crippen LogP contribution in [0.5, 0.6) is 17.2 Å². The van der Waals surface area contributed by atoms with E-state index in [0.717, 1.165) is 25.9 Å². The SMILES string of the molecule is O=C(/C=C/c1ccc(OCCNC(=S)Oc2ccccc2)cc1O)N1CCCCC1. The molecule has 0 aliphatic carbocycles. The van der Waals surface area contributed by atoms with E-state index < -0.39 is 0 Å². The smallest absolute Gasteiger partial charge is 0.262 e. The van der Waals surface area contributed by atoms with Crippen LogP contribution in [0.4, 0.5) is 0 Å². The van der Waals surface area contributed by atoms with Crippen molar-refractivity contribution in [1.82, 2.24) is 10.2 Å². The number of thiocarbonyl (C=S) groups is 1. The number of rotatable bonds is 7. The quantitative estimate of drug-likeness (QED) is 0.399. The third-order valence-corrected chi connectivity index (χ3v) is 4.90. The van der Waals surface area contributed by atoms with Crippen molar-refractivity contribution < 1.29 is 19.4 Å². The average molecular weight is 427 g/mol. The fourth-order valence-electron chi connectivity index (χ4n) is 3.09. The number of ether oxygens (including phenoxy) is 2. The Kier molecular flexibility index (Phi) is 8.09. The molecule has 30 heavy (non-hydrogen) atoms. The van der Waals surface area contributed by atoms with Gasteiger partial charge >= 0.3 is 0 Å². The van der Waals surface area contributed by atoms with E-state index in [1.165, 1.54) is 18.6 Å². The van der Waals surface area contributed by atoms with Gasteiger partial charge in [0.05, 0.1) is 6.54 Å². The fraction of sp³-hybridized carbons (Fsp3) is 0.304. The summed E-state index contributed by atoms with van der Waals surface area (Å²) < 4.78 is 11.1. The van der Waals surface area contributed by atoms with Crippen LogP contribution in [-0.4, -0.2) is 47.3 Å². The lowest BCUT2D eigenvalue weighted by molar-refractivity contribution is -0.126. The minimum absolute atomic E-state index is 0.0193. The van der Waals surface area contributed by atoms with Crippen molar-refractivity contribution in [2.75, 3.05) is 26.2 Å². The zero-order valence-corrected chi connectivity index (χ0v) is 17.6. The number of nitrogens with one attached hydrogen (secondary N) is 1. The Hall–Kier alpha value is -3.06. The number of amides is 1. The number of para-hydroxylation sites is 1. The molecule has 158 valence electrons. The monoisotopic (exact) mass is 426 g/mol. The Labute approximate surface area is 182 Å². The average Bonchev–Trinajstić information content (AvgIpc) is 2.77. The van der Waals surface area contributed by atoms with Crippen LogP contribution in [0.2, 0.25) is 0 Å². The third-order valence-electron chi connectivity index (χ3n) is 4.67. The van der Waals surface area contributed by atoms with E-state index in [0.29, 0.717) is 30.2 Å². The van der Waals surface area contributed by atoms with Crippen molar-refractivity contribution in [3.63, 3.8) is 0 Å². The van der Waals surface area contributed by atoms with Gasteiger partial charge in [-0.05, 0) is 61.8 Å². The first-order chi connectivity index (χ1) is 14.6. The Morgan fingerprint density at radius 3 is 2.60 bits per heavy atom. The van der Waals surface area contributed by atoms with E-state index in [9.17, 15) is 9.90 Å². The molecule has 2 N–H and O–H groups in total. The van der Waals surface area contributed by atoms with Gasteiger partial charge in [0.25, 0.3) is 5.17 Å². The number of phenolic OH excluding ortho intramolecular Hbond substituents is 1. The summed E-state index contributed by atoms with van der Waals surface area (Å²) >= 11 is 5.13. The standard InChI is InChI=1S/C23H26N2O4S/c26-21-17-20(28-16-13-24-23(30)29-19-7-3-1-4-8-19)11-9-18(21)10-12-22(27)25-14-5-2-6-15-25/h1,3-4,7-12,17,26H,2,5-6,13-16H2,(H,24,30)/b12-10+. The lowest BCUT2D eigenvalue weighted by atomic mass is 10.1. The molecular formula is C23H26N2O4S. The predicted molar refractivity (Wildman–Crippen MR) is 121 cm³/mol. The molecule has 2 aromatic rings. The molecule has 0 aromatic heterocycles. The lowest BCUT2D eigenvalue weighted by Gasteiger charge is -2.25. The van der Waals surface area contributed by atoms with Crippen molar-refractivity contribution in [3.05, 3.63) is 60.2 Å². The van der Waals surface area contributed by atoms with E-state index in [1.807, 2.05) is 35.2 Å². The second kappa shape index (κ2) is 11.2. The maximum absolute atomic E-state index is 12.2. The first-order valence-electron chi connectivity index (χ1n) is 10.1. The number of benzene rings is 2. The number of phenols is 1. The van der Waals surface area contributed by atoms with Gasteiger partial charge in [-0.1, -0.05) is 18.2 Å². The summed E-state index contributed by atoms with van der Waals surface area (Å²) in [6.07, 6.45) is 6.43. The third kappa shape index (κ3) is 6.77. The molecule has 0 spiro atoms.